The Bertz CT molecular complexity index is 802. The first-order valence-electron chi connectivity index (χ1n) is 10.6. The van der Waals surface area contributed by atoms with Gasteiger partial charge in [0.1, 0.15) is 6.26 Å². The molecule has 31 heavy (non-hydrogen) atoms. The number of benzene rings is 1. The van der Waals surface area contributed by atoms with Gasteiger partial charge in [0, 0.05) is 64.5 Å². The molecule has 1 amide bonds. The van der Waals surface area contributed by atoms with E-state index in [-0.39, 0.29) is 29.9 Å². The molecule has 0 atom stereocenters. The minimum atomic E-state index is -0.0118. The maximum Gasteiger partial charge on any atom is 0.251 e. The lowest BCUT2D eigenvalue weighted by Crippen LogP contribution is -2.52. The Balaban J connectivity index is 0.00000341. The highest BCUT2D eigenvalue weighted by Crippen LogP contribution is 2.08. The van der Waals surface area contributed by atoms with Gasteiger partial charge in [-0.05, 0) is 24.1 Å². The number of nitrogens with one attached hydrogen (secondary N) is 2. The van der Waals surface area contributed by atoms with Crippen LogP contribution in [0.15, 0.2) is 46.1 Å². The topological polar surface area (TPSA) is 86.0 Å². The van der Waals surface area contributed by atoms with Crippen molar-refractivity contribution in [3.63, 3.8) is 0 Å². The molecule has 0 saturated carbocycles. The molecular weight excluding hydrogens is 507 g/mol. The number of piperazine rings is 1. The smallest absolute Gasteiger partial charge is 0.251 e. The molecule has 0 unspecified atom stereocenters. The first-order chi connectivity index (χ1) is 14.7. The molecule has 0 spiro atoms. The largest absolute Gasteiger partial charge is 0.364 e. The summed E-state index contributed by atoms with van der Waals surface area (Å²) in [5.41, 5.74) is 2.78. The normalized spacial score (nSPS) is 14.8. The highest BCUT2D eigenvalue weighted by atomic mass is 127. The van der Waals surface area contributed by atoms with Gasteiger partial charge in [-0.2, -0.15) is 0 Å². The van der Waals surface area contributed by atoms with Crippen LogP contribution in [0.1, 0.15) is 41.4 Å². The Morgan fingerprint density at radius 3 is 2.48 bits per heavy atom. The Morgan fingerprint density at radius 2 is 1.87 bits per heavy atom. The number of amides is 1. The average molecular weight is 540 g/mol. The molecule has 0 radical (unpaired) electrons. The molecule has 1 aliphatic heterocycles. The van der Waals surface area contributed by atoms with Crippen molar-refractivity contribution in [1.29, 1.82) is 0 Å². The van der Waals surface area contributed by atoms with E-state index in [4.69, 9.17) is 4.52 Å². The number of nitrogens with zero attached hydrogens (tertiary/aromatic N) is 4. The standard InChI is InChI=1S/C22H32N6O2.HI/c1-3-4-10-24-21(29)19-7-5-18(6-8-19)16-25-22(23-2)28-13-11-27(12-14-28)17-20-9-15-30-26-20;/h5-9,15H,3-4,10-14,16-17H2,1-2H3,(H,23,25)(H,24,29);1H. The lowest BCUT2D eigenvalue weighted by molar-refractivity contribution is 0.0953. The Hall–Kier alpha value is -2.14. The van der Waals surface area contributed by atoms with Crippen LogP contribution in [0.3, 0.4) is 0 Å². The number of guanidine groups is 1. The second kappa shape index (κ2) is 13.3. The van der Waals surface area contributed by atoms with Crippen molar-refractivity contribution in [3.05, 3.63) is 53.4 Å². The fourth-order valence-corrected chi connectivity index (χ4v) is 3.43. The molecule has 3 rings (SSSR count). The SMILES string of the molecule is CCCCNC(=O)c1ccc(CNC(=NC)N2CCN(Cc3ccon3)CC2)cc1.I. The van der Waals surface area contributed by atoms with Crippen LogP contribution >= 0.6 is 24.0 Å². The zero-order valence-electron chi connectivity index (χ0n) is 18.3. The Morgan fingerprint density at radius 1 is 1.13 bits per heavy atom. The predicted octanol–water partition coefficient (Wildman–Crippen LogP) is 2.72. The van der Waals surface area contributed by atoms with Crippen molar-refractivity contribution >= 4 is 35.8 Å². The summed E-state index contributed by atoms with van der Waals surface area (Å²) in [7, 11) is 1.81. The van der Waals surface area contributed by atoms with Crippen molar-refractivity contribution in [3.8, 4) is 0 Å². The van der Waals surface area contributed by atoms with Crippen LogP contribution in [-0.4, -0.2) is 66.6 Å². The van der Waals surface area contributed by atoms with E-state index in [1.807, 2.05) is 37.4 Å². The van der Waals surface area contributed by atoms with Gasteiger partial charge in [-0.3, -0.25) is 14.7 Å². The van der Waals surface area contributed by atoms with Gasteiger partial charge in [0.05, 0.1) is 5.69 Å². The second-order valence-electron chi connectivity index (χ2n) is 7.46. The van der Waals surface area contributed by atoms with Gasteiger partial charge >= 0.3 is 0 Å². The van der Waals surface area contributed by atoms with Crippen molar-refractivity contribution in [2.24, 2.45) is 4.99 Å². The van der Waals surface area contributed by atoms with Gasteiger partial charge in [0.25, 0.3) is 5.91 Å². The molecule has 1 aromatic carbocycles. The number of aliphatic imine (C=N–C) groups is 1. The number of unbranched alkanes of at least 4 members (excludes halogenated alkanes) is 1. The fraction of sp³-hybridized carbons (Fsp3) is 0.500. The molecule has 9 heteroatoms. The highest BCUT2D eigenvalue weighted by molar-refractivity contribution is 14.0. The minimum Gasteiger partial charge on any atom is -0.364 e. The molecule has 2 N–H and O–H groups in total. The van der Waals surface area contributed by atoms with Gasteiger partial charge in [0.2, 0.25) is 0 Å². The van der Waals surface area contributed by atoms with Gasteiger partial charge in [0.15, 0.2) is 5.96 Å². The third-order valence-corrected chi connectivity index (χ3v) is 5.24. The van der Waals surface area contributed by atoms with Gasteiger partial charge < -0.3 is 20.1 Å². The van der Waals surface area contributed by atoms with Crippen molar-refractivity contribution < 1.29 is 9.32 Å². The molecule has 8 nitrogen and oxygen atoms in total. The van der Waals surface area contributed by atoms with Gasteiger partial charge in [-0.25, -0.2) is 0 Å². The van der Waals surface area contributed by atoms with Gasteiger partial charge in [-0.1, -0.05) is 30.6 Å². The van der Waals surface area contributed by atoms with E-state index in [0.717, 1.165) is 69.3 Å². The van der Waals surface area contributed by atoms with E-state index >= 15 is 0 Å². The molecule has 1 saturated heterocycles. The maximum atomic E-state index is 12.1. The number of hydrogen-bond acceptors (Lipinski definition) is 5. The van der Waals surface area contributed by atoms with Crippen LogP contribution in [0, 0.1) is 0 Å². The van der Waals surface area contributed by atoms with Crippen molar-refractivity contribution in [1.82, 2.24) is 25.6 Å². The van der Waals surface area contributed by atoms with Crippen LogP contribution in [0.25, 0.3) is 0 Å². The maximum absolute atomic E-state index is 12.1. The van der Waals surface area contributed by atoms with E-state index in [2.05, 4.69) is 37.5 Å². The van der Waals surface area contributed by atoms with Crippen LogP contribution in [0.4, 0.5) is 0 Å². The van der Waals surface area contributed by atoms with E-state index in [1.165, 1.54) is 0 Å². The lowest BCUT2D eigenvalue weighted by atomic mass is 10.1. The van der Waals surface area contributed by atoms with Crippen molar-refractivity contribution in [2.45, 2.75) is 32.9 Å². The molecule has 2 heterocycles. The summed E-state index contributed by atoms with van der Waals surface area (Å²) in [6.45, 7) is 8.05. The van der Waals surface area contributed by atoms with Crippen molar-refractivity contribution in [2.75, 3.05) is 39.8 Å². The summed E-state index contributed by atoms with van der Waals surface area (Å²) < 4.78 is 4.91. The third kappa shape index (κ3) is 7.80. The number of carbonyl (C=O) groups is 1. The van der Waals surface area contributed by atoms with Gasteiger partial charge in [-0.15, -0.1) is 24.0 Å². The number of aromatic nitrogens is 1. The van der Waals surface area contributed by atoms with Crippen LogP contribution < -0.4 is 10.6 Å². The zero-order chi connectivity index (χ0) is 21.2. The summed E-state index contributed by atoms with van der Waals surface area (Å²) in [5.74, 6) is 0.889. The quantitative estimate of drug-likeness (QED) is 0.232. The summed E-state index contributed by atoms with van der Waals surface area (Å²) in [6.07, 6.45) is 3.69. The number of hydrogen-bond donors (Lipinski definition) is 2. The Labute approximate surface area is 201 Å². The molecular formula is C22H33IN6O2. The number of halogens is 1. The summed E-state index contributed by atoms with van der Waals surface area (Å²) in [5, 5.41) is 10.4. The van der Waals surface area contributed by atoms with E-state index in [9.17, 15) is 4.79 Å². The van der Waals surface area contributed by atoms with E-state index in [1.54, 1.807) is 6.26 Å². The molecule has 170 valence electrons. The van der Waals surface area contributed by atoms with Crippen LogP contribution in [0.5, 0.6) is 0 Å². The highest BCUT2D eigenvalue weighted by Gasteiger charge is 2.20. The molecule has 0 aliphatic carbocycles. The summed E-state index contributed by atoms with van der Waals surface area (Å²) >= 11 is 0. The second-order valence-corrected chi connectivity index (χ2v) is 7.46. The predicted molar refractivity (Wildman–Crippen MR) is 133 cm³/mol. The molecule has 1 fully saturated rings. The fourth-order valence-electron chi connectivity index (χ4n) is 3.43. The van der Waals surface area contributed by atoms with E-state index < -0.39 is 0 Å². The summed E-state index contributed by atoms with van der Waals surface area (Å²) in [4.78, 5) is 21.2. The van der Waals surface area contributed by atoms with E-state index in [0.29, 0.717) is 12.1 Å². The Kier molecular flexibility index (Phi) is 10.8. The molecule has 1 aromatic heterocycles. The van der Waals surface area contributed by atoms with Crippen LogP contribution in [-0.2, 0) is 13.1 Å². The van der Waals surface area contributed by atoms with Crippen LogP contribution in [0.2, 0.25) is 0 Å². The first-order valence-corrected chi connectivity index (χ1v) is 10.6. The molecule has 2 aromatic rings. The average Bonchev–Trinajstić information content (AvgIpc) is 3.29. The summed E-state index contributed by atoms with van der Waals surface area (Å²) in [6, 6.07) is 9.65. The first kappa shape index (κ1) is 25.1. The molecule has 1 aliphatic rings. The number of carbonyl (C=O) groups excluding carboxylic acids is 1. The minimum absolute atomic E-state index is 0. The zero-order valence-corrected chi connectivity index (χ0v) is 20.7. The third-order valence-electron chi connectivity index (χ3n) is 5.24. The lowest BCUT2D eigenvalue weighted by Gasteiger charge is -2.36. The molecule has 0 bridgehead atoms. The number of rotatable bonds is 8. The monoisotopic (exact) mass is 540 g/mol.